The molecule has 0 saturated heterocycles. The van der Waals surface area contributed by atoms with Gasteiger partial charge in [0.25, 0.3) is 5.91 Å². The first-order chi connectivity index (χ1) is 12.9. The molecule has 2 aromatic rings. The van der Waals surface area contributed by atoms with E-state index >= 15 is 0 Å². The number of primary amides is 1. The number of halogens is 1. The molecule has 146 valence electrons. The molecule has 0 radical (unpaired) electrons. The Morgan fingerprint density at radius 3 is 2.44 bits per heavy atom. The highest BCUT2D eigenvalue weighted by Crippen LogP contribution is 2.40. The number of nitrogens with two attached hydrogens (primary N) is 1. The van der Waals surface area contributed by atoms with Crippen molar-refractivity contribution in [2.75, 3.05) is 14.1 Å². The van der Waals surface area contributed by atoms with Gasteiger partial charge in [-0.2, -0.15) is 0 Å². The Bertz CT molecular complexity index is 777. The van der Waals surface area contributed by atoms with Crippen molar-refractivity contribution in [3.8, 4) is 0 Å². The predicted molar refractivity (Wildman–Crippen MR) is 107 cm³/mol. The Morgan fingerprint density at radius 1 is 1.26 bits per heavy atom. The van der Waals surface area contributed by atoms with E-state index in [0.717, 1.165) is 42.7 Å². The Balaban J connectivity index is 1.66. The second kappa shape index (κ2) is 8.44. The molecule has 6 heteroatoms. The van der Waals surface area contributed by atoms with Crippen molar-refractivity contribution in [3.05, 3.63) is 51.9 Å². The van der Waals surface area contributed by atoms with Gasteiger partial charge in [0, 0.05) is 16.6 Å². The SMILES string of the molecule is Cc1onc(C(N)=O)c1CC1CCC(C(c2ccc(Cl)cc2)N(C)C)CC1. The third-order valence-electron chi connectivity index (χ3n) is 5.82. The lowest BCUT2D eigenvalue weighted by Crippen LogP contribution is -2.31. The highest BCUT2D eigenvalue weighted by molar-refractivity contribution is 6.30. The Labute approximate surface area is 165 Å². The minimum atomic E-state index is -0.508. The lowest BCUT2D eigenvalue weighted by molar-refractivity contribution is 0.0990. The average Bonchev–Trinajstić information content (AvgIpc) is 2.99. The Kier molecular flexibility index (Phi) is 6.22. The van der Waals surface area contributed by atoms with Gasteiger partial charge in [-0.3, -0.25) is 4.79 Å². The van der Waals surface area contributed by atoms with Crippen LogP contribution in [0.5, 0.6) is 0 Å². The van der Waals surface area contributed by atoms with Crippen LogP contribution in [0.2, 0.25) is 5.02 Å². The van der Waals surface area contributed by atoms with E-state index in [1.54, 1.807) is 0 Å². The van der Waals surface area contributed by atoms with Crippen molar-refractivity contribution >= 4 is 17.5 Å². The summed E-state index contributed by atoms with van der Waals surface area (Å²) < 4.78 is 5.19. The van der Waals surface area contributed by atoms with E-state index < -0.39 is 5.91 Å². The van der Waals surface area contributed by atoms with E-state index in [1.165, 1.54) is 5.56 Å². The van der Waals surface area contributed by atoms with Crippen LogP contribution in [0.1, 0.15) is 59.1 Å². The topological polar surface area (TPSA) is 72.4 Å². The largest absolute Gasteiger partial charge is 0.364 e. The maximum Gasteiger partial charge on any atom is 0.271 e. The summed E-state index contributed by atoms with van der Waals surface area (Å²) in [6.45, 7) is 1.85. The van der Waals surface area contributed by atoms with Crippen LogP contribution in [0.3, 0.4) is 0 Å². The van der Waals surface area contributed by atoms with Gasteiger partial charge in [0.15, 0.2) is 5.69 Å². The minimum absolute atomic E-state index is 0.293. The molecule has 1 fully saturated rings. The Morgan fingerprint density at radius 2 is 1.89 bits per heavy atom. The first-order valence-corrected chi connectivity index (χ1v) is 9.91. The number of carbonyl (C=O) groups excluding carboxylic acids is 1. The maximum absolute atomic E-state index is 11.6. The van der Waals surface area contributed by atoms with Crippen LogP contribution in [0.4, 0.5) is 0 Å². The molecule has 0 spiro atoms. The molecule has 1 aliphatic carbocycles. The minimum Gasteiger partial charge on any atom is -0.364 e. The zero-order valence-electron chi connectivity index (χ0n) is 16.2. The van der Waals surface area contributed by atoms with Crippen molar-refractivity contribution in [2.24, 2.45) is 17.6 Å². The van der Waals surface area contributed by atoms with Crippen molar-refractivity contribution in [1.82, 2.24) is 10.1 Å². The number of nitrogens with zero attached hydrogens (tertiary/aromatic N) is 2. The molecule has 0 aliphatic heterocycles. The van der Waals surface area contributed by atoms with E-state index in [4.69, 9.17) is 21.9 Å². The summed E-state index contributed by atoms with van der Waals surface area (Å²) >= 11 is 6.06. The number of aromatic nitrogens is 1. The highest BCUT2D eigenvalue weighted by atomic mass is 35.5. The number of hydrogen-bond acceptors (Lipinski definition) is 4. The molecule has 1 unspecified atom stereocenters. The molecule has 1 aromatic heterocycles. The van der Waals surface area contributed by atoms with Crippen LogP contribution >= 0.6 is 11.6 Å². The van der Waals surface area contributed by atoms with Gasteiger partial charge in [0.05, 0.1) is 0 Å². The monoisotopic (exact) mass is 389 g/mol. The first kappa shape index (κ1) is 19.9. The van der Waals surface area contributed by atoms with Gasteiger partial charge in [-0.05, 0) is 82.7 Å². The summed E-state index contributed by atoms with van der Waals surface area (Å²) in [6, 6.07) is 8.61. The molecule has 3 rings (SSSR count). The Hall–Kier alpha value is -1.85. The van der Waals surface area contributed by atoms with Crippen LogP contribution < -0.4 is 5.73 Å². The second-order valence-electron chi connectivity index (χ2n) is 7.88. The van der Waals surface area contributed by atoms with Crippen molar-refractivity contribution in [3.63, 3.8) is 0 Å². The molecule has 1 amide bonds. The van der Waals surface area contributed by atoms with Gasteiger partial charge in [-0.15, -0.1) is 0 Å². The molecular weight excluding hydrogens is 362 g/mol. The predicted octanol–water partition coefficient (Wildman–Crippen LogP) is 4.39. The third-order valence-corrected chi connectivity index (χ3v) is 6.07. The number of rotatable bonds is 6. The molecule has 1 saturated carbocycles. The van der Waals surface area contributed by atoms with Crippen LogP contribution in [0.15, 0.2) is 28.8 Å². The molecule has 0 bridgehead atoms. The number of benzene rings is 1. The van der Waals surface area contributed by atoms with E-state index in [0.29, 0.717) is 29.3 Å². The number of aryl methyl sites for hydroxylation is 1. The normalized spacial score (nSPS) is 21.4. The molecule has 5 nitrogen and oxygen atoms in total. The second-order valence-corrected chi connectivity index (χ2v) is 8.31. The molecule has 2 N–H and O–H groups in total. The highest BCUT2D eigenvalue weighted by Gasteiger charge is 2.31. The summed E-state index contributed by atoms with van der Waals surface area (Å²) in [7, 11) is 4.29. The molecule has 1 atom stereocenters. The summed E-state index contributed by atoms with van der Waals surface area (Å²) in [5.41, 5.74) is 7.92. The zero-order chi connectivity index (χ0) is 19.6. The molecule has 1 heterocycles. The number of amides is 1. The lowest BCUT2D eigenvalue weighted by atomic mass is 9.74. The van der Waals surface area contributed by atoms with Gasteiger partial charge in [0.2, 0.25) is 0 Å². The number of hydrogen-bond donors (Lipinski definition) is 1. The van der Waals surface area contributed by atoms with Gasteiger partial charge in [-0.1, -0.05) is 28.9 Å². The van der Waals surface area contributed by atoms with Gasteiger partial charge in [-0.25, -0.2) is 0 Å². The van der Waals surface area contributed by atoms with Crippen LogP contribution in [0, 0.1) is 18.8 Å². The lowest BCUT2D eigenvalue weighted by Gasteiger charge is -2.37. The fraction of sp³-hybridized carbons (Fsp3) is 0.524. The van der Waals surface area contributed by atoms with E-state index in [9.17, 15) is 4.79 Å². The van der Waals surface area contributed by atoms with Gasteiger partial charge >= 0.3 is 0 Å². The fourth-order valence-corrected chi connectivity index (χ4v) is 4.60. The standard InChI is InChI=1S/C21H28ClN3O2/c1-13-18(19(21(23)26)24-27-13)12-14-4-6-15(7-5-14)20(25(2)3)16-8-10-17(22)11-9-16/h8-11,14-15,20H,4-7,12H2,1-3H3,(H2,23,26). The number of carbonyl (C=O) groups is 1. The smallest absolute Gasteiger partial charge is 0.271 e. The van der Waals surface area contributed by atoms with Gasteiger partial charge in [0.1, 0.15) is 5.76 Å². The van der Waals surface area contributed by atoms with E-state index in [2.05, 4.69) is 36.3 Å². The van der Waals surface area contributed by atoms with Gasteiger partial charge < -0.3 is 15.2 Å². The summed E-state index contributed by atoms with van der Waals surface area (Å²) in [5.74, 6) is 1.34. The average molecular weight is 390 g/mol. The van der Waals surface area contributed by atoms with Crippen molar-refractivity contribution < 1.29 is 9.32 Å². The van der Waals surface area contributed by atoms with Crippen molar-refractivity contribution in [2.45, 2.75) is 45.1 Å². The van der Waals surface area contributed by atoms with Crippen LogP contribution in [-0.2, 0) is 6.42 Å². The van der Waals surface area contributed by atoms with Crippen molar-refractivity contribution in [1.29, 1.82) is 0 Å². The summed E-state index contributed by atoms with van der Waals surface area (Å²) in [6.07, 6.45) is 5.39. The first-order valence-electron chi connectivity index (χ1n) is 9.53. The van der Waals surface area contributed by atoms with Crippen LogP contribution in [-0.4, -0.2) is 30.1 Å². The quantitative estimate of drug-likeness (QED) is 0.795. The molecule has 1 aliphatic rings. The van der Waals surface area contributed by atoms with E-state index in [-0.39, 0.29) is 0 Å². The maximum atomic E-state index is 11.6. The van der Waals surface area contributed by atoms with E-state index in [1.807, 2.05) is 19.1 Å². The molecule has 27 heavy (non-hydrogen) atoms. The molecule has 1 aromatic carbocycles. The summed E-state index contributed by atoms with van der Waals surface area (Å²) in [4.78, 5) is 13.9. The molecular formula is C21H28ClN3O2. The third kappa shape index (κ3) is 4.53. The zero-order valence-corrected chi connectivity index (χ0v) is 17.0. The summed E-state index contributed by atoms with van der Waals surface area (Å²) in [5, 5.41) is 4.60. The fourth-order valence-electron chi connectivity index (χ4n) is 4.47. The van der Waals surface area contributed by atoms with Crippen LogP contribution in [0.25, 0.3) is 0 Å².